The summed E-state index contributed by atoms with van der Waals surface area (Å²) in [6.45, 7) is 6.45. The number of rotatable bonds is 61. The Labute approximate surface area is 489 Å². The van der Waals surface area contributed by atoms with Crippen molar-refractivity contribution in [3.05, 3.63) is 97.2 Å². The first-order valence-electron chi connectivity index (χ1n) is 33.7. The fourth-order valence-electron chi connectivity index (χ4n) is 9.55. The average Bonchev–Trinajstić information content (AvgIpc) is 3.45. The van der Waals surface area contributed by atoms with Crippen LogP contribution in [0.3, 0.4) is 0 Å². The Morgan fingerprint density at radius 1 is 0.266 bits per heavy atom. The highest BCUT2D eigenvalue weighted by molar-refractivity contribution is 5.71. The van der Waals surface area contributed by atoms with Crippen LogP contribution in [-0.2, 0) is 28.6 Å². The Morgan fingerprint density at radius 3 is 0.848 bits per heavy atom. The van der Waals surface area contributed by atoms with Crippen LogP contribution in [0.2, 0.25) is 0 Å². The lowest BCUT2D eigenvalue weighted by molar-refractivity contribution is -0.167. The third kappa shape index (κ3) is 65.0. The minimum absolute atomic E-state index is 0.0978. The molecule has 79 heavy (non-hydrogen) atoms. The summed E-state index contributed by atoms with van der Waals surface area (Å²) in [5.74, 6) is -0.945. The second kappa shape index (κ2) is 66.8. The van der Waals surface area contributed by atoms with Gasteiger partial charge in [-0.1, -0.05) is 311 Å². The van der Waals surface area contributed by atoms with Gasteiger partial charge in [0.2, 0.25) is 0 Å². The number of carbonyl (C=O) groups excluding carboxylic acids is 3. The Bertz CT molecular complexity index is 1540. The van der Waals surface area contributed by atoms with Gasteiger partial charge in [0.1, 0.15) is 13.2 Å². The zero-order valence-corrected chi connectivity index (χ0v) is 52.1. The summed E-state index contributed by atoms with van der Waals surface area (Å²) in [4.78, 5) is 38.3. The van der Waals surface area contributed by atoms with Crippen LogP contribution in [0.4, 0.5) is 0 Å². The summed E-state index contributed by atoms with van der Waals surface area (Å²) in [5.41, 5.74) is 0. The van der Waals surface area contributed by atoms with Gasteiger partial charge in [0.15, 0.2) is 6.10 Å². The van der Waals surface area contributed by atoms with E-state index in [-0.39, 0.29) is 37.5 Å². The van der Waals surface area contributed by atoms with Gasteiger partial charge in [-0.15, -0.1) is 0 Å². The van der Waals surface area contributed by atoms with Crippen molar-refractivity contribution in [1.29, 1.82) is 0 Å². The maximum absolute atomic E-state index is 12.9. The first kappa shape index (κ1) is 75.3. The van der Waals surface area contributed by atoms with E-state index in [1.54, 1.807) is 0 Å². The molecule has 0 bridgehead atoms. The number of esters is 3. The van der Waals surface area contributed by atoms with Gasteiger partial charge in [0.25, 0.3) is 0 Å². The van der Waals surface area contributed by atoms with E-state index in [2.05, 4.69) is 118 Å². The molecule has 6 heteroatoms. The lowest BCUT2D eigenvalue weighted by Gasteiger charge is -2.18. The van der Waals surface area contributed by atoms with Crippen molar-refractivity contribution in [2.45, 2.75) is 335 Å². The third-order valence-corrected chi connectivity index (χ3v) is 14.6. The van der Waals surface area contributed by atoms with Crippen molar-refractivity contribution >= 4 is 17.9 Å². The molecular formula is C73H126O6. The van der Waals surface area contributed by atoms with Gasteiger partial charge in [-0.3, -0.25) is 14.4 Å². The van der Waals surface area contributed by atoms with E-state index < -0.39 is 6.10 Å². The molecule has 0 aliphatic rings. The van der Waals surface area contributed by atoms with E-state index in [4.69, 9.17) is 14.2 Å². The van der Waals surface area contributed by atoms with E-state index in [0.717, 1.165) is 122 Å². The number of hydrogen-bond donors (Lipinski definition) is 0. The van der Waals surface area contributed by atoms with E-state index in [1.165, 1.54) is 161 Å². The molecule has 0 rings (SSSR count). The van der Waals surface area contributed by atoms with Gasteiger partial charge in [-0.25, -0.2) is 0 Å². The molecule has 0 aromatic rings. The van der Waals surface area contributed by atoms with Crippen molar-refractivity contribution in [2.24, 2.45) is 0 Å². The Hall–Kier alpha value is -3.67. The molecule has 0 N–H and O–H groups in total. The predicted octanol–water partition coefficient (Wildman–Crippen LogP) is 23.2. The van der Waals surface area contributed by atoms with Crippen LogP contribution in [0.15, 0.2) is 97.2 Å². The van der Waals surface area contributed by atoms with Crippen LogP contribution >= 0.6 is 0 Å². The quantitative estimate of drug-likeness (QED) is 0.0261. The molecule has 1 unspecified atom stereocenters. The Balaban J connectivity index is 4.32. The maximum Gasteiger partial charge on any atom is 0.306 e. The lowest BCUT2D eigenvalue weighted by atomic mass is 10.0. The van der Waals surface area contributed by atoms with E-state index in [9.17, 15) is 14.4 Å². The van der Waals surface area contributed by atoms with Crippen LogP contribution in [0.1, 0.15) is 329 Å². The molecule has 0 fully saturated rings. The van der Waals surface area contributed by atoms with Crippen molar-refractivity contribution < 1.29 is 28.6 Å². The van der Waals surface area contributed by atoms with Crippen LogP contribution in [0.5, 0.6) is 0 Å². The summed E-state index contributed by atoms with van der Waals surface area (Å²) in [5, 5.41) is 0. The third-order valence-electron chi connectivity index (χ3n) is 14.6. The van der Waals surface area contributed by atoms with Crippen LogP contribution in [0, 0.1) is 0 Å². The highest BCUT2D eigenvalue weighted by Crippen LogP contribution is 2.17. The highest BCUT2D eigenvalue weighted by atomic mass is 16.6. The normalized spacial score (nSPS) is 12.7. The van der Waals surface area contributed by atoms with Crippen LogP contribution in [0.25, 0.3) is 0 Å². The fraction of sp³-hybridized carbons (Fsp3) is 0.740. The smallest absolute Gasteiger partial charge is 0.306 e. The van der Waals surface area contributed by atoms with E-state index in [1.807, 2.05) is 0 Å². The molecule has 454 valence electrons. The molecule has 0 aromatic heterocycles. The minimum Gasteiger partial charge on any atom is -0.462 e. The fourth-order valence-corrected chi connectivity index (χ4v) is 9.55. The molecule has 0 saturated heterocycles. The number of allylic oxidation sites excluding steroid dienone is 16. The van der Waals surface area contributed by atoms with Gasteiger partial charge in [0.05, 0.1) is 0 Å². The standard InChI is InChI=1S/C73H126O6/c1-4-7-10-13-16-19-22-25-27-29-31-33-34-35-36-37-38-40-41-43-45-48-51-54-57-60-63-66-72(75)78-69-70(68-77-71(74)65-62-59-56-53-50-47-24-21-18-15-12-9-6-3)79-73(76)67-64-61-58-55-52-49-46-44-42-39-32-30-28-26-23-20-17-14-11-8-5-2/h8,11-12,15,17,20-21,24,26,28,32,39,44,46,52,55,70H,4-7,9-10,13-14,16,18-19,22-23,25,27,29-31,33-38,40-43,45,47-51,53-54,56-69H2,1-3H3/b11-8-,15-12-,20-17-,24-21-,28-26-,39-32-,46-44-,55-52-. The SMILES string of the molecule is CC/C=C\C/C=C\C/C=C\C/C=C\C/C=C\C/C=C\CCCCC(=O)OC(COC(=O)CCCCCCC/C=C\C/C=C\CCC)COC(=O)CCCCCCCCCCCCCCCCCCCCCCCCCCCCC. The van der Waals surface area contributed by atoms with Gasteiger partial charge >= 0.3 is 17.9 Å². The molecule has 0 aromatic carbocycles. The molecule has 0 heterocycles. The zero-order valence-electron chi connectivity index (χ0n) is 52.1. The van der Waals surface area contributed by atoms with Gasteiger partial charge in [0, 0.05) is 19.3 Å². The molecule has 0 aliphatic heterocycles. The number of unbranched alkanes of at least 4 members (excludes halogenated alkanes) is 34. The summed E-state index contributed by atoms with van der Waals surface area (Å²) >= 11 is 0. The first-order chi connectivity index (χ1) is 39.0. The Morgan fingerprint density at radius 2 is 0.519 bits per heavy atom. The molecule has 1 atom stereocenters. The van der Waals surface area contributed by atoms with Crippen molar-refractivity contribution in [3.8, 4) is 0 Å². The van der Waals surface area contributed by atoms with Crippen LogP contribution < -0.4 is 0 Å². The maximum atomic E-state index is 12.9. The largest absolute Gasteiger partial charge is 0.462 e. The van der Waals surface area contributed by atoms with Crippen molar-refractivity contribution in [3.63, 3.8) is 0 Å². The van der Waals surface area contributed by atoms with Gasteiger partial charge in [-0.05, 0) is 96.3 Å². The second-order valence-corrected chi connectivity index (χ2v) is 22.4. The van der Waals surface area contributed by atoms with E-state index >= 15 is 0 Å². The highest BCUT2D eigenvalue weighted by Gasteiger charge is 2.19. The summed E-state index contributed by atoms with van der Waals surface area (Å²) in [6.07, 6.45) is 90.1. The van der Waals surface area contributed by atoms with Gasteiger partial charge < -0.3 is 14.2 Å². The minimum atomic E-state index is -0.808. The van der Waals surface area contributed by atoms with Crippen LogP contribution in [-0.4, -0.2) is 37.2 Å². The molecule has 0 saturated carbocycles. The summed E-state index contributed by atoms with van der Waals surface area (Å²) < 4.78 is 16.9. The number of hydrogen-bond acceptors (Lipinski definition) is 6. The zero-order chi connectivity index (χ0) is 57.1. The summed E-state index contributed by atoms with van der Waals surface area (Å²) in [6, 6.07) is 0. The lowest BCUT2D eigenvalue weighted by Crippen LogP contribution is -2.30. The van der Waals surface area contributed by atoms with Crippen molar-refractivity contribution in [1.82, 2.24) is 0 Å². The first-order valence-corrected chi connectivity index (χ1v) is 33.7. The Kier molecular flexibility index (Phi) is 63.7. The topological polar surface area (TPSA) is 78.9 Å². The molecule has 6 nitrogen and oxygen atoms in total. The predicted molar refractivity (Wildman–Crippen MR) is 344 cm³/mol. The number of carbonyl (C=O) groups is 3. The van der Waals surface area contributed by atoms with Gasteiger partial charge in [-0.2, -0.15) is 0 Å². The monoisotopic (exact) mass is 1100 g/mol. The van der Waals surface area contributed by atoms with E-state index in [0.29, 0.717) is 19.3 Å². The number of ether oxygens (including phenoxy) is 3. The molecule has 0 amide bonds. The molecule has 0 aliphatic carbocycles. The second-order valence-electron chi connectivity index (χ2n) is 22.4. The molecule has 0 spiro atoms. The summed E-state index contributed by atoms with van der Waals surface area (Å²) in [7, 11) is 0. The molecular weight excluding hydrogens is 973 g/mol. The average molecular weight is 1100 g/mol. The van der Waals surface area contributed by atoms with Crippen molar-refractivity contribution in [2.75, 3.05) is 13.2 Å². The molecule has 0 radical (unpaired) electrons.